The number of aromatic nitrogens is 3. The Morgan fingerprint density at radius 1 is 1.15 bits per heavy atom. The van der Waals surface area contributed by atoms with Crippen LogP contribution >= 0.6 is 11.3 Å². The lowest BCUT2D eigenvalue weighted by atomic mass is 9.98. The van der Waals surface area contributed by atoms with Gasteiger partial charge in [-0.25, -0.2) is 0 Å². The monoisotopic (exact) mass is 465 g/mol. The van der Waals surface area contributed by atoms with Gasteiger partial charge >= 0.3 is 5.97 Å². The number of likely N-dealkylation sites (N-methyl/N-ethyl adjacent to an activating group) is 1. The van der Waals surface area contributed by atoms with Gasteiger partial charge in [0, 0.05) is 22.5 Å². The average molecular weight is 466 g/mol. The van der Waals surface area contributed by atoms with Crippen molar-refractivity contribution in [2.45, 2.75) is 46.6 Å². The van der Waals surface area contributed by atoms with Gasteiger partial charge in [-0.2, -0.15) is 0 Å². The molecule has 0 radical (unpaired) electrons. The van der Waals surface area contributed by atoms with E-state index in [1.807, 2.05) is 25.9 Å². The molecule has 4 rings (SSSR count). The molecular weight excluding hydrogens is 434 g/mol. The number of hydrogen-bond donors (Lipinski definition) is 0. The van der Waals surface area contributed by atoms with Gasteiger partial charge in [0.25, 0.3) is 0 Å². The van der Waals surface area contributed by atoms with Gasteiger partial charge in [-0.1, -0.05) is 31.2 Å². The summed E-state index contributed by atoms with van der Waals surface area (Å²) in [6.45, 7) is 9.39. The molecule has 0 saturated carbocycles. The molecular formula is C25H31N5O2S. The summed E-state index contributed by atoms with van der Waals surface area (Å²) in [6, 6.07) is 8.07. The van der Waals surface area contributed by atoms with E-state index in [1.54, 1.807) is 11.3 Å². The van der Waals surface area contributed by atoms with Crippen LogP contribution in [-0.4, -0.2) is 58.6 Å². The van der Waals surface area contributed by atoms with Gasteiger partial charge in [-0.3, -0.25) is 14.4 Å². The van der Waals surface area contributed by atoms with E-state index in [4.69, 9.17) is 9.73 Å². The molecule has 174 valence electrons. The highest BCUT2D eigenvalue weighted by Gasteiger charge is 2.32. The van der Waals surface area contributed by atoms with Crippen molar-refractivity contribution in [2.75, 3.05) is 27.2 Å². The normalized spacial score (nSPS) is 15.1. The second kappa shape index (κ2) is 9.57. The number of hydrogen-bond acceptors (Lipinski definition) is 7. The summed E-state index contributed by atoms with van der Waals surface area (Å²) in [5.74, 6) is 1.19. The molecule has 0 bridgehead atoms. The molecule has 0 N–H and O–H groups in total. The summed E-state index contributed by atoms with van der Waals surface area (Å²) in [7, 11) is 3.90. The largest absolute Gasteiger partial charge is 0.464 e. The molecule has 7 nitrogen and oxygen atoms in total. The maximum atomic E-state index is 12.7. The van der Waals surface area contributed by atoms with E-state index in [2.05, 4.69) is 59.8 Å². The molecule has 1 aliphatic rings. The molecule has 0 saturated heterocycles. The molecule has 33 heavy (non-hydrogen) atoms. The molecule has 1 atom stereocenters. The Labute approximate surface area is 199 Å². The zero-order valence-electron chi connectivity index (χ0n) is 20.2. The number of aryl methyl sites for hydroxylation is 3. The molecule has 0 aliphatic carbocycles. The number of ether oxygens (including phenoxy) is 1. The van der Waals surface area contributed by atoms with Crippen molar-refractivity contribution in [3.63, 3.8) is 0 Å². The Morgan fingerprint density at radius 2 is 1.88 bits per heavy atom. The summed E-state index contributed by atoms with van der Waals surface area (Å²) in [5, 5.41) is 9.84. The standard InChI is InChI=1S/C25H31N5O2S/c1-7-18-8-10-19(11-9-18)23-22-15(2)16(3)33-25(22)30-17(4)27-28-24(30)20(26-23)14-21(31)32-13-12-29(5)6/h8-11,20H,7,12-14H2,1-6H3/t20-/m0/s1. The first-order valence-corrected chi connectivity index (χ1v) is 12.1. The lowest BCUT2D eigenvalue weighted by Gasteiger charge is -2.14. The highest BCUT2D eigenvalue weighted by Crippen LogP contribution is 2.39. The second-order valence-corrected chi connectivity index (χ2v) is 9.88. The van der Waals surface area contributed by atoms with Crippen LogP contribution in [-0.2, 0) is 16.0 Å². The highest BCUT2D eigenvalue weighted by molar-refractivity contribution is 7.15. The van der Waals surface area contributed by atoms with Crippen LogP contribution in [0.1, 0.15) is 58.2 Å². The Kier molecular flexibility index (Phi) is 6.76. The molecule has 8 heteroatoms. The van der Waals surface area contributed by atoms with Crippen LogP contribution in [0.15, 0.2) is 29.3 Å². The molecule has 1 aromatic carbocycles. The van der Waals surface area contributed by atoms with Crippen molar-refractivity contribution in [1.82, 2.24) is 19.7 Å². The number of aliphatic imine (C=N–C) groups is 1. The van der Waals surface area contributed by atoms with Gasteiger partial charge in [0.1, 0.15) is 23.5 Å². The first-order chi connectivity index (χ1) is 15.8. The van der Waals surface area contributed by atoms with Crippen LogP contribution in [0.5, 0.6) is 0 Å². The highest BCUT2D eigenvalue weighted by atomic mass is 32.1. The molecule has 2 aromatic heterocycles. The molecule has 0 unspecified atom stereocenters. The van der Waals surface area contributed by atoms with E-state index in [0.717, 1.165) is 34.1 Å². The van der Waals surface area contributed by atoms with Crippen molar-refractivity contribution < 1.29 is 9.53 Å². The predicted molar refractivity (Wildman–Crippen MR) is 132 cm³/mol. The molecule has 0 amide bonds. The molecule has 3 heterocycles. The van der Waals surface area contributed by atoms with Gasteiger partial charge in [0.15, 0.2) is 5.82 Å². The molecule has 3 aromatic rings. The number of carbonyl (C=O) groups is 1. The van der Waals surface area contributed by atoms with Crippen molar-refractivity contribution in [1.29, 1.82) is 0 Å². The first kappa shape index (κ1) is 23.3. The fraction of sp³-hybridized carbons (Fsp3) is 0.440. The molecule has 0 fully saturated rings. The van der Waals surface area contributed by atoms with E-state index in [-0.39, 0.29) is 12.4 Å². The summed E-state index contributed by atoms with van der Waals surface area (Å²) >= 11 is 1.72. The molecule has 1 aliphatic heterocycles. The third kappa shape index (κ3) is 4.63. The number of benzene rings is 1. The van der Waals surface area contributed by atoms with E-state index < -0.39 is 6.04 Å². The van der Waals surface area contributed by atoms with Crippen LogP contribution in [0, 0.1) is 20.8 Å². The lowest BCUT2D eigenvalue weighted by molar-refractivity contribution is -0.144. The van der Waals surface area contributed by atoms with Gasteiger partial charge < -0.3 is 9.64 Å². The van der Waals surface area contributed by atoms with Crippen molar-refractivity contribution in [2.24, 2.45) is 4.99 Å². The van der Waals surface area contributed by atoms with Crippen LogP contribution in [0.4, 0.5) is 0 Å². The summed E-state index contributed by atoms with van der Waals surface area (Å²) in [4.78, 5) is 21.1. The minimum Gasteiger partial charge on any atom is -0.464 e. The number of esters is 1. The zero-order valence-corrected chi connectivity index (χ0v) is 21.0. The van der Waals surface area contributed by atoms with Gasteiger partial charge in [-0.05, 0) is 52.4 Å². The van der Waals surface area contributed by atoms with Crippen molar-refractivity contribution in [3.8, 4) is 5.00 Å². The smallest absolute Gasteiger partial charge is 0.308 e. The Bertz CT molecular complexity index is 1190. The maximum absolute atomic E-state index is 12.7. The second-order valence-electron chi connectivity index (χ2n) is 8.68. The Balaban J connectivity index is 1.80. The topological polar surface area (TPSA) is 72.6 Å². The zero-order chi connectivity index (χ0) is 23.7. The van der Waals surface area contributed by atoms with E-state index >= 15 is 0 Å². The van der Waals surface area contributed by atoms with Gasteiger partial charge in [-0.15, -0.1) is 21.5 Å². The third-order valence-corrected chi connectivity index (χ3v) is 7.23. The van der Waals surface area contributed by atoms with E-state index in [0.29, 0.717) is 19.0 Å². The minimum absolute atomic E-state index is 0.120. The van der Waals surface area contributed by atoms with Crippen molar-refractivity contribution in [3.05, 3.63) is 63.0 Å². The summed E-state index contributed by atoms with van der Waals surface area (Å²) in [5.41, 5.74) is 5.50. The van der Waals surface area contributed by atoms with Crippen molar-refractivity contribution >= 4 is 23.0 Å². The Hall–Kier alpha value is -2.84. The minimum atomic E-state index is -0.474. The van der Waals surface area contributed by atoms with Crippen LogP contribution < -0.4 is 0 Å². The quantitative estimate of drug-likeness (QED) is 0.489. The number of thiophene rings is 1. The fourth-order valence-corrected chi connectivity index (χ4v) is 5.20. The van der Waals surface area contributed by atoms with Crippen LogP contribution in [0.3, 0.4) is 0 Å². The van der Waals surface area contributed by atoms with E-state index in [9.17, 15) is 4.79 Å². The SMILES string of the molecule is CCc1ccc(C2=N[C@@H](CC(=O)OCCN(C)C)c3nnc(C)n3-c3sc(C)c(C)c32)cc1. The summed E-state index contributed by atoms with van der Waals surface area (Å²) < 4.78 is 7.55. The number of carbonyl (C=O) groups excluding carboxylic acids is 1. The fourth-order valence-electron chi connectivity index (χ4n) is 3.98. The summed E-state index contributed by atoms with van der Waals surface area (Å²) in [6.07, 6.45) is 1.10. The Morgan fingerprint density at radius 3 is 2.55 bits per heavy atom. The lowest BCUT2D eigenvalue weighted by Crippen LogP contribution is -2.21. The van der Waals surface area contributed by atoms with Gasteiger partial charge in [0.05, 0.1) is 12.1 Å². The van der Waals surface area contributed by atoms with E-state index in [1.165, 1.54) is 16.0 Å². The third-order valence-electron chi connectivity index (χ3n) is 6.04. The predicted octanol–water partition coefficient (Wildman–Crippen LogP) is 4.20. The number of nitrogens with zero attached hydrogens (tertiary/aromatic N) is 5. The number of fused-ring (bicyclic) bond motifs is 3. The number of rotatable bonds is 7. The molecule has 0 spiro atoms. The van der Waals surface area contributed by atoms with Gasteiger partial charge in [0.2, 0.25) is 0 Å². The first-order valence-electron chi connectivity index (χ1n) is 11.3. The van der Waals surface area contributed by atoms with Crippen LogP contribution in [0.2, 0.25) is 0 Å². The average Bonchev–Trinajstić information content (AvgIpc) is 3.26. The maximum Gasteiger partial charge on any atom is 0.308 e. The van der Waals surface area contributed by atoms with Crippen LogP contribution in [0.25, 0.3) is 5.00 Å².